The van der Waals surface area contributed by atoms with Crippen molar-refractivity contribution in [2.45, 2.75) is 31.2 Å². The molecule has 2 unspecified atom stereocenters. The molecule has 5 heteroatoms. The van der Waals surface area contributed by atoms with Crippen molar-refractivity contribution in [2.24, 2.45) is 11.7 Å². The molecule has 4 nitrogen and oxygen atoms in total. The Bertz CT molecular complexity index is 525. The number of hydrogen-bond donors (Lipinski definition) is 1. The van der Waals surface area contributed by atoms with Gasteiger partial charge in [-0.05, 0) is 36.6 Å². The Labute approximate surface area is 115 Å². The first kappa shape index (κ1) is 14.3. The third-order valence-electron chi connectivity index (χ3n) is 3.91. The highest BCUT2D eigenvalue weighted by atomic mass is 32.2. The van der Waals surface area contributed by atoms with E-state index in [1.54, 1.807) is 19.1 Å². The molecule has 2 N–H and O–H groups in total. The van der Waals surface area contributed by atoms with Gasteiger partial charge in [0.05, 0.1) is 10.6 Å². The average molecular weight is 282 g/mol. The van der Waals surface area contributed by atoms with Gasteiger partial charge in [0, 0.05) is 24.8 Å². The van der Waals surface area contributed by atoms with Gasteiger partial charge in [-0.3, -0.25) is 0 Å². The summed E-state index contributed by atoms with van der Waals surface area (Å²) in [6, 6.07) is 7.47. The molecule has 0 aromatic heterocycles. The van der Waals surface area contributed by atoms with E-state index in [1.165, 1.54) is 0 Å². The van der Waals surface area contributed by atoms with Gasteiger partial charge in [-0.15, -0.1) is 0 Å². The number of nitrogens with zero attached hydrogens (tertiary/aromatic N) is 1. The van der Waals surface area contributed by atoms with Gasteiger partial charge in [-0.1, -0.05) is 13.8 Å². The van der Waals surface area contributed by atoms with Crippen LogP contribution in [0.4, 0.5) is 5.69 Å². The molecule has 0 bridgehead atoms. The van der Waals surface area contributed by atoms with E-state index in [0.717, 1.165) is 25.2 Å². The number of hydrogen-bond acceptors (Lipinski definition) is 4. The fourth-order valence-corrected chi connectivity index (χ4v) is 3.31. The van der Waals surface area contributed by atoms with Crippen LogP contribution in [0, 0.1) is 5.92 Å². The lowest BCUT2D eigenvalue weighted by Gasteiger charge is -2.36. The molecule has 19 heavy (non-hydrogen) atoms. The highest BCUT2D eigenvalue weighted by molar-refractivity contribution is 7.91. The lowest BCUT2D eigenvalue weighted by atomic mass is 9.94. The molecule has 106 valence electrons. The number of anilines is 1. The zero-order chi connectivity index (χ0) is 14.0. The lowest BCUT2D eigenvalue weighted by Crippen LogP contribution is -2.45. The average Bonchev–Trinajstić information content (AvgIpc) is 2.42. The molecular weight excluding hydrogens is 260 g/mol. The van der Waals surface area contributed by atoms with Crippen LogP contribution >= 0.6 is 0 Å². The molecule has 0 aliphatic carbocycles. The van der Waals surface area contributed by atoms with Crippen LogP contribution in [0.15, 0.2) is 29.2 Å². The van der Waals surface area contributed by atoms with E-state index in [4.69, 9.17) is 5.73 Å². The molecule has 2 atom stereocenters. The minimum Gasteiger partial charge on any atom is -0.371 e. The van der Waals surface area contributed by atoms with Crippen LogP contribution in [-0.2, 0) is 9.84 Å². The Balaban J connectivity index is 2.15. The number of benzene rings is 1. The molecule has 1 aromatic rings. The van der Waals surface area contributed by atoms with E-state index < -0.39 is 9.84 Å². The topological polar surface area (TPSA) is 63.4 Å². The van der Waals surface area contributed by atoms with E-state index in [1.807, 2.05) is 12.1 Å². The van der Waals surface area contributed by atoms with Crippen molar-refractivity contribution in [3.63, 3.8) is 0 Å². The standard InChI is InChI=1S/C14H22N2O2S/c1-3-19(17,18)13-6-4-12(5-7-13)16-9-8-14(15)11(2)10-16/h4-7,11,14H,3,8-10,15H2,1-2H3. The Morgan fingerprint density at radius 1 is 1.32 bits per heavy atom. The predicted molar refractivity (Wildman–Crippen MR) is 78.1 cm³/mol. The second-order valence-corrected chi connectivity index (χ2v) is 7.55. The maximum Gasteiger partial charge on any atom is 0.178 e. The monoisotopic (exact) mass is 282 g/mol. The third-order valence-corrected chi connectivity index (χ3v) is 5.66. The first-order chi connectivity index (χ1) is 8.94. The molecule has 1 aromatic carbocycles. The van der Waals surface area contributed by atoms with Crippen molar-refractivity contribution in [2.75, 3.05) is 23.7 Å². The van der Waals surface area contributed by atoms with Crippen LogP contribution < -0.4 is 10.6 Å². The molecule has 0 radical (unpaired) electrons. The normalized spacial score (nSPS) is 24.5. The molecule has 1 aliphatic heterocycles. The third kappa shape index (κ3) is 3.09. The minimum absolute atomic E-state index is 0.141. The molecule has 2 rings (SSSR count). The van der Waals surface area contributed by atoms with Gasteiger partial charge in [0.25, 0.3) is 0 Å². The van der Waals surface area contributed by atoms with Crippen molar-refractivity contribution < 1.29 is 8.42 Å². The van der Waals surface area contributed by atoms with E-state index in [2.05, 4.69) is 11.8 Å². The van der Waals surface area contributed by atoms with Crippen LogP contribution in [0.5, 0.6) is 0 Å². The fourth-order valence-electron chi connectivity index (χ4n) is 2.43. The number of rotatable bonds is 3. The highest BCUT2D eigenvalue weighted by Gasteiger charge is 2.23. The lowest BCUT2D eigenvalue weighted by molar-refractivity contribution is 0.383. The van der Waals surface area contributed by atoms with Crippen LogP contribution in [0.3, 0.4) is 0 Å². The van der Waals surface area contributed by atoms with E-state index in [0.29, 0.717) is 10.8 Å². The number of piperidine rings is 1. The summed E-state index contributed by atoms with van der Waals surface area (Å²) in [5.74, 6) is 0.606. The molecule has 0 amide bonds. The summed E-state index contributed by atoms with van der Waals surface area (Å²) in [7, 11) is -3.10. The molecule has 1 fully saturated rings. The van der Waals surface area contributed by atoms with Crippen molar-refractivity contribution in [3.8, 4) is 0 Å². The molecule has 0 spiro atoms. The van der Waals surface area contributed by atoms with Gasteiger partial charge in [-0.25, -0.2) is 8.42 Å². The molecule has 1 aliphatic rings. The summed E-state index contributed by atoms with van der Waals surface area (Å²) >= 11 is 0. The summed E-state index contributed by atoms with van der Waals surface area (Å²) in [5, 5.41) is 0. The fraction of sp³-hybridized carbons (Fsp3) is 0.571. The summed E-state index contributed by atoms with van der Waals surface area (Å²) < 4.78 is 23.5. The second kappa shape index (κ2) is 5.51. The van der Waals surface area contributed by atoms with Crippen molar-refractivity contribution in [1.82, 2.24) is 0 Å². The second-order valence-electron chi connectivity index (χ2n) is 5.27. The first-order valence-electron chi connectivity index (χ1n) is 6.77. The quantitative estimate of drug-likeness (QED) is 0.915. The highest BCUT2D eigenvalue weighted by Crippen LogP contribution is 2.24. The molecule has 0 saturated carbocycles. The summed E-state index contributed by atoms with van der Waals surface area (Å²) in [4.78, 5) is 2.68. The molecule has 1 heterocycles. The van der Waals surface area contributed by atoms with E-state index >= 15 is 0 Å². The van der Waals surface area contributed by atoms with Gasteiger partial charge in [0.2, 0.25) is 0 Å². The largest absolute Gasteiger partial charge is 0.371 e. The van der Waals surface area contributed by atoms with Crippen LogP contribution in [0.25, 0.3) is 0 Å². The van der Waals surface area contributed by atoms with Gasteiger partial charge >= 0.3 is 0 Å². The van der Waals surface area contributed by atoms with Crippen LogP contribution in [0.1, 0.15) is 20.3 Å². The minimum atomic E-state index is -3.10. The summed E-state index contributed by atoms with van der Waals surface area (Å²) in [6.45, 7) is 5.69. The Morgan fingerprint density at radius 2 is 1.95 bits per heavy atom. The van der Waals surface area contributed by atoms with E-state index in [9.17, 15) is 8.42 Å². The number of nitrogens with two attached hydrogens (primary N) is 1. The summed E-state index contributed by atoms with van der Waals surface area (Å²) in [6.07, 6.45) is 0.982. The van der Waals surface area contributed by atoms with Crippen molar-refractivity contribution in [1.29, 1.82) is 0 Å². The maximum absolute atomic E-state index is 11.8. The Hall–Kier alpha value is -1.07. The van der Waals surface area contributed by atoms with Gasteiger partial charge in [-0.2, -0.15) is 0 Å². The Kier molecular flexibility index (Phi) is 4.16. The van der Waals surface area contributed by atoms with E-state index in [-0.39, 0.29) is 11.8 Å². The van der Waals surface area contributed by atoms with Crippen molar-refractivity contribution >= 4 is 15.5 Å². The number of sulfone groups is 1. The zero-order valence-electron chi connectivity index (χ0n) is 11.5. The zero-order valence-corrected chi connectivity index (χ0v) is 12.4. The van der Waals surface area contributed by atoms with Gasteiger partial charge in [0.15, 0.2) is 9.84 Å². The maximum atomic E-state index is 11.8. The van der Waals surface area contributed by atoms with Gasteiger partial charge < -0.3 is 10.6 Å². The molecular formula is C14H22N2O2S. The van der Waals surface area contributed by atoms with Crippen LogP contribution in [-0.4, -0.2) is 33.3 Å². The van der Waals surface area contributed by atoms with Crippen LogP contribution in [0.2, 0.25) is 0 Å². The van der Waals surface area contributed by atoms with Gasteiger partial charge in [0.1, 0.15) is 0 Å². The summed E-state index contributed by atoms with van der Waals surface area (Å²) in [5.41, 5.74) is 7.09. The van der Waals surface area contributed by atoms with Crippen molar-refractivity contribution in [3.05, 3.63) is 24.3 Å². The first-order valence-corrected chi connectivity index (χ1v) is 8.42. The SMILES string of the molecule is CCS(=O)(=O)c1ccc(N2CCC(N)C(C)C2)cc1. The smallest absolute Gasteiger partial charge is 0.178 e. The predicted octanol–water partition coefficient (Wildman–Crippen LogP) is 1.65. The molecule has 1 saturated heterocycles. The Morgan fingerprint density at radius 3 is 2.47 bits per heavy atom.